The molecule has 0 saturated carbocycles. The molecule has 0 saturated heterocycles. The van der Waals surface area contributed by atoms with E-state index in [1.165, 1.54) is 13.8 Å². The van der Waals surface area contributed by atoms with Gasteiger partial charge in [-0.1, -0.05) is 4.33 Å². The van der Waals surface area contributed by atoms with E-state index in [9.17, 15) is 13.2 Å². The first-order chi connectivity index (χ1) is 6.23. The van der Waals surface area contributed by atoms with Gasteiger partial charge in [-0.05, 0) is 20.3 Å². The van der Waals surface area contributed by atoms with Crippen LogP contribution in [-0.2, 0) is 24.1 Å². The van der Waals surface area contributed by atoms with Crippen molar-refractivity contribution in [3.8, 4) is 0 Å². The Bertz CT molecular complexity index is 295. The summed E-state index contributed by atoms with van der Waals surface area (Å²) in [5.74, 6) is -0.648. The van der Waals surface area contributed by atoms with Gasteiger partial charge < -0.3 is 0 Å². The molecule has 14 heavy (non-hydrogen) atoms. The van der Waals surface area contributed by atoms with Crippen LogP contribution in [0.15, 0.2) is 0 Å². The molecule has 0 radical (unpaired) electrons. The molecule has 0 rings (SSSR count). The van der Waals surface area contributed by atoms with Crippen LogP contribution >= 0.6 is 11.6 Å². The fraction of sp³-hybridized carbons (Fsp3) is 0.857. The number of hydrogen-bond acceptors (Lipinski definition) is 5. The Morgan fingerprint density at radius 2 is 1.93 bits per heavy atom. The molecule has 0 amide bonds. The second-order valence-electron chi connectivity index (χ2n) is 3.30. The summed E-state index contributed by atoms with van der Waals surface area (Å²) in [5.41, 5.74) is 0. The van der Waals surface area contributed by atoms with Crippen LogP contribution in [0.4, 0.5) is 0 Å². The number of carbonyl (C=O) groups excluding carboxylic acids is 1. The zero-order chi connectivity index (χ0) is 11.4. The lowest BCUT2D eigenvalue weighted by Crippen LogP contribution is -2.34. The monoisotopic (exact) mass is 244 g/mol. The highest BCUT2D eigenvalue weighted by atomic mass is 35.5. The molecule has 5 nitrogen and oxygen atoms in total. The standard InChI is InChI=1S/C7H13ClO5S/c1-6(9)12-13-14(10,11)7(2,3)4-5-8/h4-5H2,1-3H3. The van der Waals surface area contributed by atoms with Crippen LogP contribution in [0.1, 0.15) is 27.2 Å². The smallest absolute Gasteiger partial charge is 0.282 e. The van der Waals surface area contributed by atoms with Gasteiger partial charge in [0.25, 0.3) is 0 Å². The first-order valence-electron chi connectivity index (χ1n) is 3.90. The van der Waals surface area contributed by atoms with Gasteiger partial charge in [-0.3, -0.25) is 4.89 Å². The minimum absolute atomic E-state index is 0.176. The van der Waals surface area contributed by atoms with E-state index in [0.717, 1.165) is 6.92 Å². The Labute approximate surface area is 88.4 Å². The van der Waals surface area contributed by atoms with Gasteiger partial charge in [-0.15, -0.1) is 11.6 Å². The van der Waals surface area contributed by atoms with E-state index < -0.39 is 20.8 Å². The van der Waals surface area contributed by atoms with Gasteiger partial charge in [0.05, 0.1) is 4.75 Å². The van der Waals surface area contributed by atoms with Gasteiger partial charge in [0.15, 0.2) is 0 Å². The van der Waals surface area contributed by atoms with Gasteiger partial charge in [0, 0.05) is 12.8 Å². The Kier molecular flexibility index (Phi) is 4.83. The first-order valence-corrected chi connectivity index (χ1v) is 5.84. The molecule has 0 spiro atoms. The van der Waals surface area contributed by atoms with Crippen LogP contribution in [0.3, 0.4) is 0 Å². The molecule has 0 aliphatic heterocycles. The minimum Gasteiger partial charge on any atom is -0.282 e. The molecule has 0 aromatic heterocycles. The SMILES string of the molecule is CC(=O)OOS(=O)(=O)C(C)(C)CCCl. The van der Waals surface area contributed by atoms with E-state index in [-0.39, 0.29) is 12.3 Å². The molecular formula is C7H13ClO5S. The van der Waals surface area contributed by atoms with E-state index >= 15 is 0 Å². The maximum absolute atomic E-state index is 11.4. The third-order valence-electron chi connectivity index (χ3n) is 1.61. The van der Waals surface area contributed by atoms with E-state index in [0.29, 0.717) is 0 Å². The van der Waals surface area contributed by atoms with Gasteiger partial charge in [0.1, 0.15) is 0 Å². The minimum atomic E-state index is -3.94. The molecule has 0 atom stereocenters. The maximum atomic E-state index is 11.4. The number of hydrogen-bond donors (Lipinski definition) is 0. The summed E-state index contributed by atoms with van der Waals surface area (Å²) < 4.78 is 25.7. The van der Waals surface area contributed by atoms with Crippen LogP contribution in [0, 0.1) is 0 Å². The van der Waals surface area contributed by atoms with Crippen molar-refractivity contribution in [1.29, 1.82) is 0 Å². The summed E-state index contributed by atoms with van der Waals surface area (Å²) in [7, 11) is -3.94. The van der Waals surface area contributed by atoms with Crippen molar-refractivity contribution < 1.29 is 22.4 Å². The van der Waals surface area contributed by atoms with Crippen LogP contribution < -0.4 is 0 Å². The van der Waals surface area contributed by atoms with Crippen molar-refractivity contribution in [1.82, 2.24) is 0 Å². The number of alkyl halides is 1. The zero-order valence-electron chi connectivity index (χ0n) is 8.24. The Morgan fingerprint density at radius 1 is 1.43 bits per heavy atom. The predicted molar refractivity (Wildman–Crippen MR) is 51.2 cm³/mol. The van der Waals surface area contributed by atoms with Crippen LogP contribution in [0.2, 0.25) is 0 Å². The predicted octanol–water partition coefficient (Wildman–Crippen LogP) is 1.22. The van der Waals surface area contributed by atoms with Crippen LogP contribution in [0.5, 0.6) is 0 Å². The van der Waals surface area contributed by atoms with Gasteiger partial charge in [-0.2, -0.15) is 8.42 Å². The van der Waals surface area contributed by atoms with Crippen molar-refractivity contribution in [2.45, 2.75) is 31.9 Å². The molecule has 0 aliphatic rings. The fourth-order valence-electron chi connectivity index (χ4n) is 0.537. The second kappa shape index (κ2) is 4.95. The average Bonchev–Trinajstić information content (AvgIpc) is 2.00. The molecule has 84 valence electrons. The Morgan fingerprint density at radius 3 is 2.29 bits per heavy atom. The highest BCUT2D eigenvalue weighted by Gasteiger charge is 2.36. The number of halogens is 1. The normalized spacial score (nSPS) is 12.6. The lowest BCUT2D eigenvalue weighted by Gasteiger charge is -2.20. The van der Waals surface area contributed by atoms with Crippen molar-refractivity contribution in [2.24, 2.45) is 0 Å². The summed E-state index contributed by atoms with van der Waals surface area (Å²) in [6.07, 6.45) is 0.207. The van der Waals surface area contributed by atoms with Crippen LogP contribution in [-0.4, -0.2) is 25.0 Å². The van der Waals surface area contributed by atoms with Crippen molar-refractivity contribution in [3.63, 3.8) is 0 Å². The fourth-order valence-corrected chi connectivity index (χ4v) is 1.84. The lowest BCUT2D eigenvalue weighted by atomic mass is 10.1. The summed E-state index contributed by atoms with van der Waals surface area (Å²) in [6.45, 7) is 3.92. The van der Waals surface area contributed by atoms with Crippen LogP contribution in [0.25, 0.3) is 0 Å². The quantitative estimate of drug-likeness (QED) is 0.413. The van der Waals surface area contributed by atoms with E-state index in [1.54, 1.807) is 0 Å². The van der Waals surface area contributed by atoms with Crippen molar-refractivity contribution in [2.75, 3.05) is 5.88 Å². The molecule has 0 heterocycles. The summed E-state index contributed by atoms with van der Waals surface area (Å²) in [5, 5.41) is 0. The molecule has 0 N–H and O–H groups in total. The number of rotatable bonds is 5. The average molecular weight is 245 g/mol. The van der Waals surface area contributed by atoms with Crippen molar-refractivity contribution in [3.05, 3.63) is 0 Å². The summed E-state index contributed by atoms with van der Waals surface area (Å²) >= 11 is 5.43. The molecule has 7 heteroatoms. The Hall–Kier alpha value is -0.330. The van der Waals surface area contributed by atoms with Crippen molar-refractivity contribution >= 4 is 27.7 Å². The Balaban J connectivity index is 4.53. The molecular weight excluding hydrogens is 232 g/mol. The van der Waals surface area contributed by atoms with E-state index in [2.05, 4.69) is 9.22 Å². The highest BCUT2D eigenvalue weighted by molar-refractivity contribution is 7.88. The summed E-state index contributed by atoms with van der Waals surface area (Å²) in [4.78, 5) is 14.3. The lowest BCUT2D eigenvalue weighted by molar-refractivity contribution is -0.209. The van der Waals surface area contributed by atoms with Gasteiger partial charge in [-0.25, -0.2) is 4.79 Å². The third-order valence-corrected chi connectivity index (χ3v) is 3.61. The largest absolute Gasteiger partial charge is 0.340 e. The molecule has 0 aromatic carbocycles. The number of carbonyl (C=O) groups is 1. The van der Waals surface area contributed by atoms with Gasteiger partial charge in [0.2, 0.25) is 0 Å². The zero-order valence-corrected chi connectivity index (χ0v) is 9.81. The molecule has 0 unspecified atom stereocenters. The maximum Gasteiger partial charge on any atom is 0.340 e. The van der Waals surface area contributed by atoms with E-state index in [4.69, 9.17) is 11.6 Å². The molecule has 0 aliphatic carbocycles. The molecule has 0 aromatic rings. The molecule has 0 bridgehead atoms. The van der Waals surface area contributed by atoms with E-state index in [1.807, 2.05) is 0 Å². The summed E-state index contributed by atoms with van der Waals surface area (Å²) in [6, 6.07) is 0. The third kappa shape index (κ3) is 3.81. The highest BCUT2D eigenvalue weighted by Crippen LogP contribution is 2.23. The first kappa shape index (κ1) is 13.7. The topological polar surface area (TPSA) is 69.7 Å². The molecule has 0 fully saturated rings. The second-order valence-corrected chi connectivity index (χ2v) is 5.82. The van der Waals surface area contributed by atoms with Gasteiger partial charge >= 0.3 is 16.1 Å².